The Hall–Kier alpha value is -11.2. The summed E-state index contributed by atoms with van der Waals surface area (Å²) in [5.74, 6) is 5.95. The Morgan fingerprint density at radius 1 is 0.352 bits per heavy atom. The van der Waals surface area contributed by atoms with Gasteiger partial charge in [0.1, 0.15) is 84.9 Å². The number of aryl methyl sites for hydroxylation is 1. The van der Waals surface area contributed by atoms with Crippen LogP contribution in [0.3, 0.4) is 0 Å². The highest BCUT2D eigenvalue weighted by molar-refractivity contribution is 5.80. The number of hydrogen-bond acceptors (Lipinski definition) is 19. The van der Waals surface area contributed by atoms with Crippen LogP contribution in [-0.2, 0) is 94.9 Å². The van der Waals surface area contributed by atoms with Gasteiger partial charge in [0.05, 0.1) is 32.4 Å². The van der Waals surface area contributed by atoms with Crippen LogP contribution < -0.4 is 9.47 Å². The maximum absolute atomic E-state index is 5.64. The molecule has 0 fully saturated rings. The summed E-state index contributed by atoms with van der Waals surface area (Å²) >= 11 is 0. The fourth-order valence-corrected chi connectivity index (χ4v) is 18.0. The monoisotopic (exact) mass is 1440 g/mol. The van der Waals surface area contributed by atoms with Gasteiger partial charge in [-0.05, 0) is 161 Å². The van der Waals surface area contributed by atoms with E-state index in [0.29, 0.717) is 13.2 Å². The Kier molecular flexibility index (Phi) is 19.7. The molecule has 0 amide bonds. The maximum Gasteiger partial charge on any atom is 0.180 e. The molecule has 0 radical (unpaired) electrons. The number of rotatable bonds is 7. The number of nitrogens with zero attached hydrogens (tertiary/aromatic N) is 12. The molecule has 0 saturated carbocycles. The number of furan rings is 1. The van der Waals surface area contributed by atoms with Crippen LogP contribution in [0.15, 0.2) is 201 Å². The predicted molar refractivity (Wildman–Crippen MR) is 420 cm³/mol. The van der Waals surface area contributed by atoms with Crippen LogP contribution in [0.4, 0.5) is 0 Å². The van der Waals surface area contributed by atoms with E-state index in [4.69, 9.17) is 62.5 Å². The third-order valence-corrected chi connectivity index (χ3v) is 23.2. The van der Waals surface area contributed by atoms with Gasteiger partial charge >= 0.3 is 0 Å². The summed E-state index contributed by atoms with van der Waals surface area (Å²) in [6.07, 6.45) is 34.6. The van der Waals surface area contributed by atoms with Gasteiger partial charge in [0.25, 0.3) is 0 Å². The van der Waals surface area contributed by atoms with E-state index in [1.54, 1.807) is 33.1 Å². The van der Waals surface area contributed by atoms with Crippen molar-refractivity contribution in [3.05, 3.63) is 227 Å². The first-order valence-corrected chi connectivity index (χ1v) is 37.7. The summed E-state index contributed by atoms with van der Waals surface area (Å²) in [6.45, 7) is 13.2. The van der Waals surface area contributed by atoms with E-state index in [-0.39, 0.29) is 27.7 Å². The van der Waals surface area contributed by atoms with Gasteiger partial charge in [-0.15, -0.1) is 0 Å². The highest BCUT2D eigenvalue weighted by Gasteiger charge is 2.45. The van der Waals surface area contributed by atoms with Gasteiger partial charge in [-0.3, -0.25) is 9.67 Å². The van der Waals surface area contributed by atoms with Crippen LogP contribution in [0, 0.1) is 0 Å². The molecule has 0 unspecified atom stereocenters. The van der Waals surface area contributed by atoms with Gasteiger partial charge in [0, 0.05) is 156 Å². The zero-order valence-corrected chi connectivity index (χ0v) is 62.9. The standard InChI is InChI=1S/2C18H19N3O2.C18H18N2O.C17H19N3O.C17H17NO2/c2*1-12-21-18(10-23-12)6-5-15-14(13-8-19-11-20-9-13)3-4-17(22-2)16(15)7-18;1-13-20-18(12-21-13)8-7-17-14(10-18)4-2-6-16(17)15-5-3-9-19-11-15;1-12-19-17(11-21-12)8-6-14-13(10-17)4-3-5-15(14)16-7-9-18-20(16)2;1-12-18-17(11-20-12)7-5-16-13(9-17)3-2-4-15(16)14-6-8-19-10-14/h2*3-4,8-9,11H,5-7,10H2,1-2H3;2-6,9,11H,7-8,10,12H2,1H3;3-5,7,9H,6,8,10-11H2,1-2H3;2-4,6,8,10H,5,7,9,11H2,1H3/t3*18-;2*17-/m10000/s1. The zero-order chi connectivity index (χ0) is 74.0. The molecule has 5 atom stereocenters. The van der Waals surface area contributed by atoms with Crippen LogP contribution >= 0.6 is 0 Å². The molecule has 5 aliphatic carbocycles. The second kappa shape index (κ2) is 29.9. The van der Waals surface area contributed by atoms with Gasteiger partial charge in [0.2, 0.25) is 0 Å². The van der Waals surface area contributed by atoms with Crippen molar-refractivity contribution in [3.8, 4) is 67.3 Å². The Morgan fingerprint density at radius 3 is 1.09 bits per heavy atom. The normalized spacial score (nSPS) is 23.3. The van der Waals surface area contributed by atoms with Gasteiger partial charge in [-0.2, -0.15) is 5.10 Å². The Balaban J connectivity index is 0.000000103. The molecular formula is C88H92N12O8. The lowest BCUT2D eigenvalue weighted by atomic mass is 9.76. The van der Waals surface area contributed by atoms with E-state index in [1.807, 2.05) is 120 Å². The highest BCUT2D eigenvalue weighted by Crippen LogP contribution is 2.47. The van der Waals surface area contributed by atoms with Crippen LogP contribution in [0.25, 0.3) is 55.8 Å². The Bertz CT molecular complexity index is 5000. The lowest BCUT2D eigenvalue weighted by Crippen LogP contribution is -2.36. The number of aromatic nitrogens is 7. The Morgan fingerprint density at radius 2 is 0.731 bits per heavy atom. The molecular weight excluding hydrogens is 1350 g/mol. The predicted octanol–water partition coefficient (Wildman–Crippen LogP) is 15.5. The van der Waals surface area contributed by atoms with Crippen LogP contribution in [0.2, 0.25) is 0 Å². The largest absolute Gasteiger partial charge is 0.496 e. The van der Waals surface area contributed by atoms with Crippen molar-refractivity contribution in [2.45, 2.75) is 159 Å². The molecule has 5 aliphatic heterocycles. The van der Waals surface area contributed by atoms with E-state index < -0.39 is 0 Å². The van der Waals surface area contributed by atoms with Crippen molar-refractivity contribution in [2.75, 3.05) is 47.3 Å². The fraction of sp³-hybridized carbons (Fsp3) is 0.375. The van der Waals surface area contributed by atoms with Crippen LogP contribution in [-0.4, -0.2) is 139 Å². The molecule has 20 nitrogen and oxygen atoms in total. The summed E-state index contributed by atoms with van der Waals surface area (Å²) in [4.78, 5) is 44.7. The number of benzene rings is 5. The molecule has 5 aromatic heterocycles. The first-order valence-electron chi connectivity index (χ1n) is 37.7. The second-order valence-corrected chi connectivity index (χ2v) is 30.3. The topological polar surface area (TPSA) is 222 Å². The number of fused-ring (bicyclic) bond motifs is 5. The van der Waals surface area contributed by atoms with Crippen LogP contribution in [0.5, 0.6) is 11.5 Å². The van der Waals surface area contributed by atoms with E-state index >= 15 is 0 Å². The summed E-state index contributed by atoms with van der Waals surface area (Å²) in [5.41, 5.74) is 25.3. The van der Waals surface area contributed by atoms with Gasteiger partial charge in [0.15, 0.2) is 29.5 Å². The second-order valence-electron chi connectivity index (χ2n) is 30.3. The molecule has 20 rings (SSSR count). The van der Waals surface area contributed by atoms with Gasteiger partial charge in [-0.25, -0.2) is 44.9 Å². The SMILES string of the molecule is CC1=N[C@]2(CCc3c(cccc3-c3cccnc3)C2)CO1.CC1=N[C@]2(CCc3c(cccc3-c3ccnn3C)C2)CO1.CC1=N[C@]2(CCc3c(cccc3-c3ccoc3)C2)CO1.COc1ccc(-c2cncnc2)c2c1C[C@@]1(CC2)COC(C)=N1.COc1ccc(-c2cncnc2)c2c1C[C@]1(CC2)COC(C)=N1. The van der Waals surface area contributed by atoms with Crippen molar-refractivity contribution in [3.63, 3.8) is 0 Å². The van der Waals surface area contributed by atoms with Crippen molar-refractivity contribution in [1.29, 1.82) is 0 Å². The lowest BCUT2D eigenvalue weighted by molar-refractivity contribution is 0.234. The van der Waals surface area contributed by atoms with Gasteiger partial charge in [-0.1, -0.05) is 72.8 Å². The van der Waals surface area contributed by atoms with Crippen molar-refractivity contribution in [1.82, 2.24) is 34.7 Å². The minimum absolute atomic E-state index is 0.0217. The summed E-state index contributed by atoms with van der Waals surface area (Å²) in [6, 6.07) is 36.2. The average Bonchev–Trinajstić information content (AvgIpc) is 1.57. The van der Waals surface area contributed by atoms with E-state index in [9.17, 15) is 0 Å². The molecule has 5 aromatic carbocycles. The molecule has 108 heavy (non-hydrogen) atoms. The van der Waals surface area contributed by atoms with Crippen LogP contribution in [0.1, 0.15) is 122 Å². The molecule has 0 saturated heterocycles. The minimum atomic E-state index is -0.129. The molecule has 0 N–H and O–H groups in total. The summed E-state index contributed by atoms with van der Waals surface area (Å²) < 4.78 is 46.5. The zero-order valence-electron chi connectivity index (χ0n) is 62.9. The van der Waals surface area contributed by atoms with E-state index in [0.717, 1.165) is 168 Å². The highest BCUT2D eigenvalue weighted by atomic mass is 16.5. The van der Waals surface area contributed by atoms with Crippen molar-refractivity contribution < 1.29 is 37.6 Å². The molecule has 0 bridgehead atoms. The molecule has 10 heterocycles. The van der Waals surface area contributed by atoms with E-state index in [1.165, 1.54) is 100 Å². The number of ether oxygens (including phenoxy) is 7. The van der Waals surface area contributed by atoms with E-state index in [2.05, 4.69) is 109 Å². The molecule has 20 heteroatoms. The Labute approximate surface area is 631 Å². The number of hydrogen-bond donors (Lipinski definition) is 0. The quantitative estimate of drug-likeness (QED) is 0.145. The third-order valence-electron chi connectivity index (χ3n) is 23.2. The first-order chi connectivity index (χ1) is 52.6. The average molecular weight is 1450 g/mol. The van der Waals surface area contributed by atoms with Crippen molar-refractivity contribution in [2.24, 2.45) is 32.0 Å². The molecule has 552 valence electrons. The number of methoxy groups -OCH3 is 2. The van der Waals surface area contributed by atoms with Crippen molar-refractivity contribution >= 4 is 29.5 Å². The third kappa shape index (κ3) is 14.5. The lowest BCUT2D eigenvalue weighted by Gasteiger charge is -2.32. The fourth-order valence-electron chi connectivity index (χ4n) is 18.0. The summed E-state index contributed by atoms with van der Waals surface area (Å²) in [5, 5.41) is 4.30. The first kappa shape index (κ1) is 71.1. The molecule has 10 aliphatic rings. The number of aliphatic imine (C=N–C) groups is 5. The summed E-state index contributed by atoms with van der Waals surface area (Å²) in [7, 11) is 5.45. The smallest absolute Gasteiger partial charge is 0.180 e. The number of pyridine rings is 1. The minimum Gasteiger partial charge on any atom is -0.496 e. The maximum atomic E-state index is 5.64. The molecule has 5 spiro atoms. The molecule has 10 aromatic rings. The van der Waals surface area contributed by atoms with Gasteiger partial charge < -0.3 is 37.6 Å².